The van der Waals surface area contributed by atoms with Crippen molar-refractivity contribution < 1.29 is 14.0 Å². The molecule has 0 bridgehead atoms. The first-order chi connectivity index (χ1) is 13.9. The number of amides is 2. The Hall–Kier alpha value is -3.45. The van der Waals surface area contributed by atoms with Crippen LogP contribution in [0.15, 0.2) is 54.7 Å². The Morgan fingerprint density at radius 2 is 1.83 bits per heavy atom. The van der Waals surface area contributed by atoms with Crippen LogP contribution in [0.3, 0.4) is 0 Å². The first-order valence-corrected chi connectivity index (χ1v) is 9.30. The minimum atomic E-state index is -0.402. The average Bonchev–Trinajstić information content (AvgIpc) is 2.95. The number of nitrogens with one attached hydrogen (secondary N) is 2. The van der Waals surface area contributed by atoms with Gasteiger partial charge in [0.05, 0.1) is 11.3 Å². The number of hydrazine groups is 1. The molecule has 0 atom stereocenters. The molecule has 2 amide bonds. The molecule has 2 N–H and O–H groups in total. The zero-order valence-electron chi connectivity index (χ0n) is 16.2. The third kappa shape index (κ3) is 3.64. The van der Waals surface area contributed by atoms with Crippen LogP contribution >= 0.6 is 0 Å². The van der Waals surface area contributed by atoms with Crippen molar-refractivity contribution in [2.45, 2.75) is 6.42 Å². The predicted octanol–water partition coefficient (Wildman–Crippen LogP) is 2.94. The number of hydrogen-bond acceptors (Lipinski definition) is 3. The van der Waals surface area contributed by atoms with Gasteiger partial charge in [-0.15, -0.1) is 0 Å². The molecule has 29 heavy (non-hydrogen) atoms. The van der Waals surface area contributed by atoms with E-state index >= 15 is 0 Å². The maximum atomic E-state index is 13.2. The highest BCUT2D eigenvalue weighted by Gasteiger charge is 2.27. The van der Waals surface area contributed by atoms with Crippen LogP contribution in [0.25, 0.3) is 16.5 Å². The monoisotopic (exact) mass is 392 g/mol. The summed E-state index contributed by atoms with van der Waals surface area (Å²) in [6.45, 7) is 0.407. The fourth-order valence-corrected chi connectivity index (χ4v) is 3.56. The topological polar surface area (TPSA) is 68.4 Å². The third-order valence-corrected chi connectivity index (χ3v) is 4.89. The molecule has 3 aromatic rings. The number of aromatic nitrogens is 1. The number of halogens is 1. The van der Waals surface area contributed by atoms with Crippen LogP contribution in [0.5, 0.6) is 0 Å². The number of para-hydroxylation sites is 1. The molecule has 1 aromatic heterocycles. The average molecular weight is 392 g/mol. The molecule has 0 radical (unpaired) electrons. The molecule has 0 aliphatic carbocycles. The van der Waals surface area contributed by atoms with Crippen molar-refractivity contribution in [2.24, 2.45) is 0 Å². The van der Waals surface area contributed by atoms with E-state index in [-0.39, 0.29) is 11.8 Å². The van der Waals surface area contributed by atoms with E-state index in [1.54, 1.807) is 25.3 Å². The summed E-state index contributed by atoms with van der Waals surface area (Å²) >= 11 is 0. The van der Waals surface area contributed by atoms with Gasteiger partial charge in [-0.3, -0.25) is 15.0 Å². The number of carbonyl (C=O) groups is 2. The van der Waals surface area contributed by atoms with Crippen LogP contribution in [0, 0.1) is 5.82 Å². The van der Waals surface area contributed by atoms with E-state index in [1.165, 1.54) is 29.2 Å². The number of benzene rings is 2. The highest BCUT2D eigenvalue weighted by molar-refractivity contribution is 6.20. The predicted molar refractivity (Wildman–Crippen MR) is 109 cm³/mol. The Morgan fingerprint density at radius 3 is 2.55 bits per heavy atom. The fourth-order valence-electron chi connectivity index (χ4n) is 3.56. The molecule has 0 unspecified atom stereocenters. The molecular weight excluding hydrogens is 371 g/mol. The molecule has 4 rings (SSSR count). The van der Waals surface area contributed by atoms with Crippen molar-refractivity contribution in [3.63, 3.8) is 0 Å². The van der Waals surface area contributed by atoms with Gasteiger partial charge in [-0.2, -0.15) is 0 Å². The van der Waals surface area contributed by atoms with Crippen LogP contribution in [0.4, 0.5) is 4.39 Å². The summed E-state index contributed by atoms with van der Waals surface area (Å²) in [5, 5.41) is 2.59. The smallest absolute Gasteiger partial charge is 0.269 e. The molecular formula is C22H21FN4O2. The van der Waals surface area contributed by atoms with Crippen molar-refractivity contribution in [1.82, 2.24) is 20.3 Å². The van der Waals surface area contributed by atoms with E-state index in [1.807, 2.05) is 24.3 Å². The number of fused-ring (bicyclic) bond motifs is 3. The second kappa shape index (κ2) is 7.52. The quantitative estimate of drug-likeness (QED) is 0.674. The van der Waals surface area contributed by atoms with Crippen LogP contribution in [0.2, 0.25) is 0 Å². The lowest BCUT2D eigenvalue weighted by Gasteiger charge is -2.19. The molecule has 2 aromatic carbocycles. The summed E-state index contributed by atoms with van der Waals surface area (Å²) in [6.07, 6.45) is 2.16. The van der Waals surface area contributed by atoms with Crippen molar-refractivity contribution >= 4 is 28.3 Å². The first-order valence-electron chi connectivity index (χ1n) is 9.30. The van der Waals surface area contributed by atoms with Gasteiger partial charge in [0.2, 0.25) is 0 Å². The summed E-state index contributed by atoms with van der Waals surface area (Å²) in [5.41, 5.74) is 6.14. The first kappa shape index (κ1) is 18.9. The Bertz CT molecular complexity index is 1120. The molecule has 6 nitrogen and oxygen atoms in total. The lowest BCUT2D eigenvalue weighted by molar-refractivity contribution is -0.119. The maximum absolute atomic E-state index is 13.2. The highest BCUT2D eigenvalue weighted by atomic mass is 19.1. The van der Waals surface area contributed by atoms with Gasteiger partial charge < -0.3 is 9.88 Å². The van der Waals surface area contributed by atoms with Gasteiger partial charge in [0.1, 0.15) is 5.82 Å². The molecule has 1 aliphatic rings. The SMILES string of the molecule is CN(C)NC(=O)C1=CN(C(=O)c2ccc(F)cc2)CCc2c1[nH]c1ccccc21. The van der Waals surface area contributed by atoms with E-state index in [4.69, 9.17) is 0 Å². The minimum Gasteiger partial charge on any atom is -0.354 e. The van der Waals surface area contributed by atoms with Crippen LogP contribution in [-0.4, -0.2) is 47.3 Å². The normalized spacial score (nSPS) is 13.8. The van der Waals surface area contributed by atoms with Crippen molar-refractivity contribution in [3.8, 4) is 0 Å². The largest absolute Gasteiger partial charge is 0.354 e. The molecule has 7 heteroatoms. The van der Waals surface area contributed by atoms with Gasteiger partial charge in [0.25, 0.3) is 11.8 Å². The summed E-state index contributed by atoms with van der Waals surface area (Å²) in [5.74, 6) is -1.00. The minimum absolute atomic E-state index is 0.283. The summed E-state index contributed by atoms with van der Waals surface area (Å²) in [4.78, 5) is 30.8. The highest BCUT2D eigenvalue weighted by Crippen LogP contribution is 2.31. The van der Waals surface area contributed by atoms with Crippen molar-refractivity contribution in [2.75, 3.05) is 20.6 Å². The Balaban J connectivity index is 1.79. The second-order valence-corrected chi connectivity index (χ2v) is 7.16. The number of H-pyrrole nitrogens is 1. The Kier molecular flexibility index (Phi) is 4.90. The van der Waals surface area contributed by atoms with Crippen LogP contribution < -0.4 is 5.43 Å². The number of aromatic amines is 1. The van der Waals surface area contributed by atoms with E-state index in [0.29, 0.717) is 29.8 Å². The molecule has 148 valence electrons. The number of nitrogens with zero attached hydrogens (tertiary/aromatic N) is 2. The standard InChI is InChI=1S/C22H21FN4O2/c1-26(2)25-21(28)18-13-27(22(29)14-7-9-15(23)10-8-14)12-11-17-16-5-3-4-6-19(16)24-20(17)18/h3-10,13,24H,11-12H2,1-2H3,(H,25,28). The van der Waals surface area contributed by atoms with Gasteiger partial charge in [-0.25, -0.2) is 9.40 Å². The lowest BCUT2D eigenvalue weighted by Crippen LogP contribution is -2.37. The fraction of sp³-hybridized carbons (Fsp3) is 0.182. The van der Waals surface area contributed by atoms with Crippen LogP contribution in [0.1, 0.15) is 21.6 Å². The molecule has 0 spiro atoms. The van der Waals surface area contributed by atoms with Gasteiger partial charge in [-0.1, -0.05) is 18.2 Å². The number of rotatable bonds is 3. The van der Waals surface area contributed by atoms with Gasteiger partial charge in [0.15, 0.2) is 0 Å². The second-order valence-electron chi connectivity index (χ2n) is 7.16. The van der Waals surface area contributed by atoms with E-state index in [0.717, 1.165) is 16.5 Å². The van der Waals surface area contributed by atoms with E-state index in [2.05, 4.69) is 10.4 Å². The molecule has 0 saturated carbocycles. The summed E-state index contributed by atoms with van der Waals surface area (Å²) < 4.78 is 13.2. The van der Waals surface area contributed by atoms with Gasteiger partial charge in [-0.05, 0) is 42.3 Å². The van der Waals surface area contributed by atoms with Crippen molar-refractivity contribution in [1.29, 1.82) is 0 Å². The van der Waals surface area contributed by atoms with Gasteiger partial charge in [0, 0.05) is 43.3 Å². The number of hydrogen-bond donors (Lipinski definition) is 2. The van der Waals surface area contributed by atoms with E-state index < -0.39 is 5.82 Å². The maximum Gasteiger partial charge on any atom is 0.269 e. The van der Waals surface area contributed by atoms with Gasteiger partial charge >= 0.3 is 0 Å². The molecule has 0 fully saturated rings. The lowest BCUT2D eigenvalue weighted by atomic mass is 10.0. The third-order valence-electron chi connectivity index (χ3n) is 4.89. The van der Waals surface area contributed by atoms with Crippen molar-refractivity contribution in [3.05, 3.63) is 77.4 Å². The summed E-state index contributed by atoms with van der Waals surface area (Å²) in [6, 6.07) is 13.3. The molecule has 0 saturated heterocycles. The molecule has 1 aliphatic heterocycles. The Labute approximate surface area is 167 Å². The zero-order valence-corrected chi connectivity index (χ0v) is 16.2. The zero-order chi connectivity index (χ0) is 20.5. The van der Waals surface area contributed by atoms with Crippen LogP contribution in [-0.2, 0) is 11.2 Å². The summed E-state index contributed by atoms with van der Waals surface area (Å²) in [7, 11) is 3.45. The Morgan fingerprint density at radius 1 is 1.10 bits per heavy atom. The number of carbonyl (C=O) groups excluding carboxylic acids is 2. The van der Waals surface area contributed by atoms with E-state index in [9.17, 15) is 14.0 Å². The molecule has 2 heterocycles.